The van der Waals surface area contributed by atoms with Crippen LogP contribution in [0, 0.1) is 6.92 Å². The predicted octanol–water partition coefficient (Wildman–Crippen LogP) is 2.17. The summed E-state index contributed by atoms with van der Waals surface area (Å²) in [5.74, 6) is 0. The maximum Gasteiger partial charge on any atom is 0.323 e. The smallest absolute Gasteiger partial charge is 0.316 e. The van der Waals surface area contributed by atoms with Crippen LogP contribution >= 0.6 is 0 Å². The SMILES string of the molecule is Cc1cccc(NC(=O)Nc2ccc3[nH]c(=O)c(=O)[nH]c3c2)c1. The van der Waals surface area contributed by atoms with Crippen LogP contribution < -0.4 is 21.8 Å². The van der Waals surface area contributed by atoms with Gasteiger partial charge in [0.05, 0.1) is 11.0 Å². The number of fused-ring (bicyclic) bond motifs is 1. The van der Waals surface area contributed by atoms with Gasteiger partial charge in [0.25, 0.3) is 0 Å². The predicted molar refractivity (Wildman–Crippen MR) is 89.0 cm³/mol. The number of hydrogen-bond acceptors (Lipinski definition) is 3. The Kier molecular flexibility index (Phi) is 3.68. The number of anilines is 2. The summed E-state index contributed by atoms with van der Waals surface area (Å²) in [5.41, 5.74) is 1.68. The summed E-state index contributed by atoms with van der Waals surface area (Å²) in [7, 11) is 0. The van der Waals surface area contributed by atoms with Gasteiger partial charge < -0.3 is 20.6 Å². The first-order chi connectivity index (χ1) is 11.0. The number of urea groups is 1. The summed E-state index contributed by atoms with van der Waals surface area (Å²) in [6, 6.07) is 11.8. The van der Waals surface area contributed by atoms with Crippen LogP contribution in [0.2, 0.25) is 0 Å². The lowest BCUT2D eigenvalue weighted by molar-refractivity contribution is 0.262. The molecule has 0 unspecified atom stereocenters. The van der Waals surface area contributed by atoms with E-state index in [0.717, 1.165) is 5.56 Å². The number of aromatic amines is 2. The third-order valence-corrected chi connectivity index (χ3v) is 3.26. The zero-order valence-corrected chi connectivity index (χ0v) is 12.3. The van der Waals surface area contributed by atoms with Crippen LogP contribution in [0.4, 0.5) is 16.2 Å². The van der Waals surface area contributed by atoms with Crippen LogP contribution in [-0.2, 0) is 0 Å². The Morgan fingerprint density at radius 1 is 0.870 bits per heavy atom. The number of aromatic nitrogens is 2. The minimum absolute atomic E-state index is 0.401. The average molecular weight is 310 g/mol. The molecule has 7 heteroatoms. The normalized spacial score (nSPS) is 10.5. The second-order valence-electron chi connectivity index (χ2n) is 5.12. The Morgan fingerprint density at radius 3 is 2.22 bits per heavy atom. The molecule has 2 amide bonds. The van der Waals surface area contributed by atoms with Crippen LogP contribution in [0.3, 0.4) is 0 Å². The van der Waals surface area contributed by atoms with Crippen LogP contribution in [0.25, 0.3) is 11.0 Å². The average Bonchev–Trinajstić information content (AvgIpc) is 2.48. The fourth-order valence-corrected chi connectivity index (χ4v) is 2.21. The largest absolute Gasteiger partial charge is 0.323 e. The van der Waals surface area contributed by atoms with E-state index in [4.69, 9.17) is 0 Å². The molecule has 2 aromatic carbocycles. The summed E-state index contributed by atoms with van der Waals surface area (Å²) in [4.78, 5) is 39.5. The number of H-pyrrole nitrogens is 2. The van der Waals surface area contributed by atoms with Crippen molar-refractivity contribution in [1.82, 2.24) is 9.97 Å². The van der Waals surface area contributed by atoms with Gasteiger partial charge in [-0.25, -0.2) is 4.79 Å². The van der Waals surface area contributed by atoms with Gasteiger partial charge in [0, 0.05) is 11.4 Å². The summed E-state index contributed by atoms with van der Waals surface area (Å²) in [5, 5.41) is 5.39. The van der Waals surface area contributed by atoms with Crippen molar-refractivity contribution in [3.8, 4) is 0 Å². The Bertz CT molecular complexity index is 1000. The van der Waals surface area contributed by atoms with Crippen molar-refractivity contribution in [3.63, 3.8) is 0 Å². The molecule has 4 N–H and O–H groups in total. The van der Waals surface area contributed by atoms with E-state index in [2.05, 4.69) is 20.6 Å². The minimum atomic E-state index is -0.737. The van der Waals surface area contributed by atoms with Crippen molar-refractivity contribution >= 4 is 28.4 Å². The van der Waals surface area contributed by atoms with Gasteiger partial charge in [-0.15, -0.1) is 0 Å². The number of carbonyl (C=O) groups is 1. The summed E-state index contributed by atoms with van der Waals surface area (Å²) in [6.07, 6.45) is 0. The highest BCUT2D eigenvalue weighted by Crippen LogP contribution is 2.15. The van der Waals surface area contributed by atoms with E-state index in [-0.39, 0.29) is 0 Å². The van der Waals surface area contributed by atoms with Crippen molar-refractivity contribution in [2.24, 2.45) is 0 Å². The molecule has 0 saturated heterocycles. The summed E-state index contributed by atoms with van der Waals surface area (Å²) in [6.45, 7) is 1.93. The summed E-state index contributed by atoms with van der Waals surface area (Å²) >= 11 is 0. The van der Waals surface area contributed by atoms with Crippen molar-refractivity contribution in [2.75, 3.05) is 10.6 Å². The topological polar surface area (TPSA) is 107 Å². The molecule has 3 aromatic rings. The second kappa shape index (κ2) is 5.80. The van der Waals surface area contributed by atoms with Crippen LogP contribution in [-0.4, -0.2) is 16.0 Å². The van der Waals surface area contributed by atoms with Crippen molar-refractivity contribution in [2.45, 2.75) is 6.92 Å². The van der Waals surface area contributed by atoms with Crippen LogP contribution in [0.5, 0.6) is 0 Å². The van der Waals surface area contributed by atoms with E-state index in [1.807, 2.05) is 25.1 Å². The number of aryl methyl sites for hydroxylation is 1. The van der Waals surface area contributed by atoms with Gasteiger partial charge in [-0.05, 0) is 42.8 Å². The molecule has 0 spiro atoms. The van der Waals surface area contributed by atoms with E-state index in [1.165, 1.54) is 0 Å². The molecule has 0 bridgehead atoms. The number of hydrogen-bond donors (Lipinski definition) is 4. The molecule has 0 saturated carbocycles. The highest BCUT2D eigenvalue weighted by molar-refractivity contribution is 6.00. The molecule has 0 aliphatic carbocycles. The zero-order chi connectivity index (χ0) is 16.4. The van der Waals surface area contributed by atoms with Crippen LogP contribution in [0.15, 0.2) is 52.1 Å². The second-order valence-corrected chi connectivity index (χ2v) is 5.12. The monoisotopic (exact) mass is 310 g/mol. The molecule has 0 aliphatic rings. The molecule has 0 atom stereocenters. The molecule has 7 nitrogen and oxygen atoms in total. The first-order valence-corrected chi connectivity index (χ1v) is 6.92. The van der Waals surface area contributed by atoms with Gasteiger partial charge in [-0.3, -0.25) is 9.59 Å². The standard InChI is InChI=1S/C16H14N4O3/c1-9-3-2-4-10(7-9)17-16(23)18-11-5-6-12-13(8-11)20-15(22)14(21)19-12/h2-8H,1H3,(H,19,21)(H,20,22)(H2,17,18,23). The molecular weight excluding hydrogens is 296 g/mol. The third kappa shape index (κ3) is 3.29. The minimum Gasteiger partial charge on any atom is -0.316 e. The van der Waals surface area contributed by atoms with E-state index in [9.17, 15) is 14.4 Å². The molecule has 1 heterocycles. The highest BCUT2D eigenvalue weighted by atomic mass is 16.2. The molecule has 1 aromatic heterocycles. The van der Waals surface area contributed by atoms with Gasteiger partial charge in [-0.1, -0.05) is 12.1 Å². The number of nitrogens with one attached hydrogen (secondary N) is 4. The third-order valence-electron chi connectivity index (χ3n) is 3.26. The summed E-state index contributed by atoms with van der Waals surface area (Å²) < 4.78 is 0. The molecule has 0 fully saturated rings. The van der Waals surface area contributed by atoms with Crippen LogP contribution in [0.1, 0.15) is 5.56 Å². The van der Waals surface area contributed by atoms with Gasteiger partial charge in [0.1, 0.15) is 0 Å². The molecule has 116 valence electrons. The lowest BCUT2D eigenvalue weighted by atomic mass is 10.2. The Morgan fingerprint density at radius 2 is 1.52 bits per heavy atom. The number of rotatable bonds is 2. The zero-order valence-electron chi connectivity index (χ0n) is 12.3. The number of amides is 2. The molecular formula is C16H14N4O3. The maximum absolute atomic E-state index is 12.0. The number of carbonyl (C=O) groups excluding carboxylic acids is 1. The quantitative estimate of drug-likeness (QED) is 0.545. The van der Waals surface area contributed by atoms with E-state index in [1.54, 1.807) is 24.3 Å². The Labute approximate surface area is 130 Å². The van der Waals surface area contributed by atoms with E-state index >= 15 is 0 Å². The van der Waals surface area contributed by atoms with Gasteiger partial charge in [-0.2, -0.15) is 0 Å². The van der Waals surface area contributed by atoms with Gasteiger partial charge in [0.2, 0.25) is 0 Å². The lowest BCUT2D eigenvalue weighted by Crippen LogP contribution is -2.29. The molecule has 0 aliphatic heterocycles. The van der Waals surface area contributed by atoms with Crippen molar-refractivity contribution in [3.05, 3.63) is 68.7 Å². The lowest BCUT2D eigenvalue weighted by Gasteiger charge is -2.09. The fraction of sp³-hybridized carbons (Fsp3) is 0.0625. The molecule has 3 rings (SSSR count). The first kappa shape index (κ1) is 14.6. The first-order valence-electron chi connectivity index (χ1n) is 6.92. The molecule has 23 heavy (non-hydrogen) atoms. The Hall–Kier alpha value is -3.35. The number of benzene rings is 2. The van der Waals surface area contributed by atoms with Gasteiger partial charge in [0.15, 0.2) is 0 Å². The maximum atomic E-state index is 12.0. The molecule has 0 radical (unpaired) electrons. The van der Waals surface area contributed by atoms with Gasteiger partial charge >= 0.3 is 17.1 Å². The fourth-order valence-electron chi connectivity index (χ4n) is 2.21. The van der Waals surface area contributed by atoms with E-state index in [0.29, 0.717) is 22.4 Å². The van der Waals surface area contributed by atoms with Crippen molar-refractivity contribution < 1.29 is 4.79 Å². The highest BCUT2D eigenvalue weighted by Gasteiger charge is 2.05. The van der Waals surface area contributed by atoms with Crippen molar-refractivity contribution in [1.29, 1.82) is 0 Å². The Balaban J connectivity index is 1.81. The van der Waals surface area contributed by atoms with E-state index < -0.39 is 17.1 Å².